The monoisotopic (exact) mass is 267 g/mol. The van der Waals surface area contributed by atoms with E-state index in [1.165, 1.54) is 0 Å². The third-order valence-electron chi connectivity index (χ3n) is 5.36. The fraction of sp³-hybridized carbons (Fsp3) is 0.929. The summed E-state index contributed by atoms with van der Waals surface area (Å²) in [4.78, 5) is 0. The predicted molar refractivity (Wildman–Crippen MR) is 73.0 cm³/mol. The molecule has 108 valence electrons. The Kier molecular flexibility index (Phi) is 3.21. The Hall–Kier alpha value is -0.490. The second kappa shape index (κ2) is 4.52. The van der Waals surface area contributed by atoms with E-state index in [2.05, 4.69) is 6.92 Å². The van der Waals surface area contributed by atoms with Crippen LogP contribution in [0.3, 0.4) is 0 Å². The maximum Gasteiger partial charge on any atom is 0.0810 e. The Morgan fingerprint density at radius 3 is 2.68 bits per heavy atom. The molecule has 5 heteroatoms. The first-order valence-electron chi connectivity index (χ1n) is 7.37. The number of ether oxygens (including phenoxy) is 1. The van der Waals surface area contributed by atoms with Gasteiger partial charge in [-0.15, -0.1) is 0 Å². The maximum atomic E-state index is 9.13. The Morgan fingerprint density at radius 2 is 2.16 bits per heavy atom. The van der Waals surface area contributed by atoms with Crippen molar-refractivity contribution in [2.24, 2.45) is 29.2 Å². The number of aliphatic hydroxyl groups excluding tert-OH is 1. The highest BCUT2D eigenvalue weighted by Gasteiger charge is 2.58. The van der Waals surface area contributed by atoms with Crippen LogP contribution in [-0.2, 0) is 4.74 Å². The van der Waals surface area contributed by atoms with Crippen molar-refractivity contribution >= 4 is 5.71 Å². The van der Waals surface area contributed by atoms with Crippen molar-refractivity contribution in [3.8, 4) is 0 Å². The number of rotatable bonds is 5. The molecule has 5 nitrogen and oxygen atoms in total. The fourth-order valence-corrected chi connectivity index (χ4v) is 3.68. The molecular weight excluding hydrogens is 242 g/mol. The third kappa shape index (κ3) is 2.23. The molecule has 1 aliphatic heterocycles. The minimum Gasteiger partial charge on any atom is -0.394 e. The number of hydrogen-bond donors (Lipinski definition) is 4. The van der Waals surface area contributed by atoms with Crippen molar-refractivity contribution in [1.29, 1.82) is 5.41 Å². The van der Waals surface area contributed by atoms with Crippen LogP contribution in [0.4, 0.5) is 0 Å². The minimum absolute atomic E-state index is 0.00871. The molecule has 0 spiro atoms. The molecule has 0 amide bonds. The van der Waals surface area contributed by atoms with Crippen LogP contribution >= 0.6 is 0 Å². The average Bonchev–Trinajstić information content (AvgIpc) is 3.24. The summed E-state index contributed by atoms with van der Waals surface area (Å²) < 4.78 is 5.85. The standard InChI is InChI=1S/C14H25N3O2/c1-7-10(9-3-2-8(6-18)19-9)11(7)12(15)13(16)14(17)4-5-14/h7-11,13,15,18H,2-6,16-17H2,1H3. The lowest BCUT2D eigenvalue weighted by atomic mass is 9.96. The summed E-state index contributed by atoms with van der Waals surface area (Å²) in [5.74, 6) is 1.10. The van der Waals surface area contributed by atoms with Crippen molar-refractivity contribution in [3.05, 3.63) is 0 Å². The molecule has 6 N–H and O–H groups in total. The van der Waals surface area contributed by atoms with Crippen LogP contribution in [-0.4, -0.2) is 41.2 Å². The molecule has 6 unspecified atom stereocenters. The van der Waals surface area contributed by atoms with E-state index in [0.717, 1.165) is 25.7 Å². The number of nitrogens with two attached hydrogens (primary N) is 2. The number of aliphatic hydroxyl groups is 1. The second-order valence-corrected chi connectivity index (χ2v) is 6.68. The highest BCUT2D eigenvalue weighted by molar-refractivity contribution is 5.93. The molecule has 2 saturated carbocycles. The zero-order chi connectivity index (χ0) is 13.8. The normalized spacial score (nSPS) is 44.9. The molecular formula is C14H25N3O2. The molecule has 1 saturated heterocycles. The van der Waals surface area contributed by atoms with Crippen LogP contribution in [0.1, 0.15) is 32.6 Å². The van der Waals surface area contributed by atoms with E-state index in [1.54, 1.807) is 0 Å². The summed E-state index contributed by atoms with van der Waals surface area (Å²) in [5, 5.41) is 17.4. The summed E-state index contributed by atoms with van der Waals surface area (Å²) in [6, 6.07) is -0.292. The van der Waals surface area contributed by atoms with Gasteiger partial charge in [0.15, 0.2) is 0 Å². The first-order valence-corrected chi connectivity index (χ1v) is 7.37. The van der Waals surface area contributed by atoms with E-state index >= 15 is 0 Å². The molecule has 3 aliphatic rings. The van der Waals surface area contributed by atoms with E-state index in [0.29, 0.717) is 17.5 Å². The molecule has 0 aromatic heterocycles. The van der Waals surface area contributed by atoms with Crippen molar-refractivity contribution in [3.63, 3.8) is 0 Å². The van der Waals surface area contributed by atoms with E-state index < -0.39 is 0 Å². The van der Waals surface area contributed by atoms with Gasteiger partial charge in [-0.3, -0.25) is 0 Å². The largest absolute Gasteiger partial charge is 0.394 e. The molecule has 3 rings (SSSR count). The SMILES string of the molecule is CC1C(C(=N)C(N)C2(N)CC2)C1C1CCC(CO)O1. The van der Waals surface area contributed by atoms with Crippen molar-refractivity contribution in [2.75, 3.05) is 6.61 Å². The second-order valence-electron chi connectivity index (χ2n) is 6.68. The van der Waals surface area contributed by atoms with Gasteiger partial charge in [0.2, 0.25) is 0 Å². The lowest BCUT2D eigenvalue weighted by Crippen LogP contribution is -2.50. The molecule has 0 bridgehead atoms. The van der Waals surface area contributed by atoms with Crippen LogP contribution in [0.2, 0.25) is 0 Å². The van der Waals surface area contributed by atoms with Gasteiger partial charge >= 0.3 is 0 Å². The Morgan fingerprint density at radius 1 is 1.47 bits per heavy atom. The quantitative estimate of drug-likeness (QED) is 0.536. The van der Waals surface area contributed by atoms with Crippen LogP contribution in [0.15, 0.2) is 0 Å². The minimum atomic E-state index is -0.311. The van der Waals surface area contributed by atoms with Crippen LogP contribution in [0.5, 0.6) is 0 Å². The molecule has 1 heterocycles. The van der Waals surface area contributed by atoms with E-state index in [1.807, 2.05) is 0 Å². The Bertz CT molecular complexity index is 383. The molecule has 0 radical (unpaired) electrons. The number of hydrogen-bond acceptors (Lipinski definition) is 5. The molecule has 2 aliphatic carbocycles. The van der Waals surface area contributed by atoms with Gasteiger partial charge in [-0.25, -0.2) is 0 Å². The van der Waals surface area contributed by atoms with Gasteiger partial charge in [-0.05, 0) is 37.5 Å². The first-order chi connectivity index (χ1) is 8.98. The highest BCUT2D eigenvalue weighted by Crippen LogP contribution is 2.54. The van der Waals surface area contributed by atoms with Gasteiger partial charge in [0.1, 0.15) is 0 Å². The van der Waals surface area contributed by atoms with Crippen molar-refractivity contribution in [2.45, 2.75) is 56.4 Å². The smallest absolute Gasteiger partial charge is 0.0810 e. The molecule has 0 aromatic rings. The van der Waals surface area contributed by atoms with Gasteiger partial charge in [-0.1, -0.05) is 6.92 Å². The Labute approximate surface area is 114 Å². The van der Waals surface area contributed by atoms with Gasteiger partial charge in [-0.2, -0.15) is 0 Å². The average molecular weight is 267 g/mol. The zero-order valence-corrected chi connectivity index (χ0v) is 11.5. The summed E-state index contributed by atoms with van der Waals surface area (Å²) in [6.07, 6.45) is 3.98. The van der Waals surface area contributed by atoms with Gasteiger partial charge in [0.25, 0.3) is 0 Å². The van der Waals surface area contributed by atoms with Crippen molar-refractivity contribution in [1.82, 2.24) is 0 Å². The maximum absolute atomic E-state index is 9.13. The predicted octanol–water partition coefficient (Wildman–Crippen LogP) is 0.247. The van der Waals surface area contributed by atoms with Crippen LogP contribution in [0.25, 0.3) is 0 Å². The molecule has 6 atom stereocenters. The summed E-state index contributed by atoms with van der Waals surface area (Å²) in [6.45, 7) is 2.27. The van der Waals surface area contributed by atoms with Crippen molar-refractivity contribution < 1.29 is 9.84 Å². The Balaban J connectivity index is 1.60. The molecule has 0 aromatic carbocycles. The van der Waals surface area contributed by atoms with Crippen LogP contribution < -0.4 is 11.5 Å². The summed E-state index contributed by atoms with van der Waals surface area (Å²) >= 11 is 0. The molecule has 19 heavy (non-hydrogen) atoms. The summed E-state index contributed by atoms with van der Waals surface area (Å²) in [7, 11) is 0. The topological polar surface area (TPSA) is 105 Å². The van der Waals surface area contributed by atoms with Gasteiger partial charge in [0, 0.05) is 17.2 Å². The highest BCUT2D eigenvalue weighted by atomic mass is 16.5. The van der Waals surface area contributed by atoms with Crippen LogP contribution in [0, 0.1) is 23.2 Å². The van der Waals surface area contributed by atoms with E-state index in [-0.39, 0.29) is 36.3 Å². The van der Waals surface area contributed by atoms with E-state index in [9.17, 15) is 0 Å². The lowest BCUT2D eigenvalue weighted by molar-refractivity contribution is -0.000216. The third-order valence-corrected chi connectivity index (χ3v) is 5.36. The summed E-state index contributed by atoms with van der Waals surface area (Å²) in [5.41, 5.74) is 12.6. The zero-order valence-electron chi connectivity index (χ0n) is 11.5. The van der Waals surface area contributed by atoms with Gasteiger partial charge in [0.05, 0.1) is 24.9 Å². The van der Waals surface area contributed by atoms with Gasteiger partial charge < -0.3 is 26.7 Å². The van der Waals surface area contributed by atoms with E-state index in [4.69, 9.17) is 26.7 Å². The first kappa shape index (κ1) is 13.5. The lowest BCUT2D eigenvalue weighted by Gasteiger charge is -2.20. The number of nitrogens with one attached hydrogen (secondary N) is 1. The molecule has 3 fully saturated rings. The fourth-order valence-electron chi connectivity index (χ4n) is 3.68.